The molecule has 0 aliphatic carbocycles. The van der Waals surface area contributed by atoms with Crippen LogP contribution >= 0.6 is 11.8 Å². The number of hydrogen-bond donors (Lipinski definition) is 2. The van der Waals surface area contributed by atoms with Gasteiger partial charge in [-0.1, -0.05) is 174 Å². The molecule has 0 aromatic heterocycles. The van der Waals surface area contributed by atoms with Gasteiger partial charge in [0.15, 0.2) is 0 Å². The van der Waals surface area contributed by atoms with Gasteiger partial charge in [-0.2, -0.15) is 11.8 Å². The highest BCUT2D eigenvalue weighted by molar-refractivity contribution is 7.99. The first kappa shape index (κ1) is 65.4. The van der Waals surface area contributed by atoms with Crippen molar-refractivity contribution < 1.29 is 47.7 Å². The monoisotopic (exact) mass is 1020 g/mol. The molecule has 0 spiro atoms. The summed E-state index contributed by atoms with van der Waals surface area (Å²) < 4.78 is 22.4. The van der Waals surface area contributed by atoms with E-state index in [-0.39, 0.29) is 49.3 Å². The lowest BCUT2D eigenvalue weighted by Crippen LogP contribution is -2.44. The third kappa shape index (κ3) is 39.6. The molecular formula is C58H100N2O10S. The smallest absolute Gasteiger partial charge is 0.329 e. The first-order valence-electron chi connectivity index (χ1n) is 28.0. The molecule has 12 nitrogen and oxygen atoms in total. The molecule has 0 heterocycles. The molecular weight excluding hydrogens is 917 g/mol. The molecule has 0 aliphatic rings. The zero-order valence-corrected chi connectivity index (χ0v) is 46.8. The summed E-state index contributed by atoms with van der Waals surface area (Å²) in [6.07, 6.45) is 31.9. The normalized spacial score (nSPS) is 12.5. The van der Waals surface area contributed by atoms with Gasteiger partial charge in [0.1, 0.15) is 30.0 Å². The number of unbranched alkanes of at least 4 members (excludes halogenated alkanes) is 24. The first-order chi connectivity index (χ1) is 33.9. The Balaban J connectivity index is 2.67. The summed E-state index contributed by atoms with van der Waals surface area (Å²) in [4.78, 5) is 77.7. The summed E-state index contributed by atoms with van der Waals surface area (Å²) in [6, 6.07) is 5.25. The van der Waals surface area contributed by atoms with Gasteiger partial charge in [-0.05, 0) is 79.0 Å². The summed E-state index contributed by atoms with van der Waals surface area (Å²) in [5.41, 5.74) is -0.917. The first-order valence-corrected chi connectivity index (χ1v) is 29.2. The van der Waals surface area contributed by atoms with E-state index in [9.17, 15) is 28.8 Å². The number of amides is 2. The molecule has 408 valence electrons. The Kier molecular flexibility index (Phi) is 37.6. The third-order valence-corrected chi connectivity index (χ3v) is 13.0. The molecule has 0 fully saturated rings. The highest BCUT2D eigenvalue weighted by atomic mass is 32.2. The molecule has 1 unspecified atom stereocenters. The Bertz CT molecular complexity index is 1610. The lowest BCUT2D eigenvalue weighted by molar-refractivity contribution is -0.158. The molecule has 13 heteroatoms. The van der Waals surface area contributed by atoms with Crippen LogP contribution in [0.4, 0.5) is 5.69 Å². The number of benzene rings is 1. The number of carbonyl (C=O) groups is 6. The van der Waals surface area contributed by atoms with Crippen molar-refractivity contribution in [2.45, 2.75) is 278 Å². The van der Waals surface area contributed by atoms with Gasteiger partial charge in [-0.3, -0.25) is 24.0 Å². The van der Waals surface area contributed by atoms with Crippen LogP contribution < -0.4 is 10.6 Å². The van der Waals surface area contributed by atoms with Gasteiger partial charge in [0, 0.05) is 48.4 Å². The number of carbonyl (C=O) groups excluding carboxylic acids is 6. The minimum Gasteiger partial charge on any atom is -0.462 e. The van der Waals surface area contributed by atoms with Crippen molar-refractivity contribution in [3.8, 4) is 0 Å². The van der Waals surface area contributed by atoms with Gasteiger partial charge in [0.05, 0.1) is 0 Å². The Labute approximate surface area is 435 Å². The Morgan fingerprint density at radius 2 is 1.01 bits per heavy atom. The largest absolute Gasteiger partial charge is 0.462 e. The van der Waals surface area contributed by atoms with E-state index in [2.05, 4.69) is 24.5 Å². The zero-order chi connectivity index (χ0) is 52.6. The molecule has 2 amide bonds. The average molecular weight is 1020 g/mol. The second kappa shape index (κ2) is 40.8. The molecule has 2 N–H and O–H groups in total. The van der Waals surface area contributed by atoms with Crippen LogP contribution in [0.15, 0.2) is 24.3 Å². The summed E-state index contributed by atoms with van der Waals surface area (Å²) in [5.74, 6) is -1.83. The summed E-state index contributed by atoms with van der Waals surface area (Å²) in [5, 5.41) is 5.53. The lowest BCUT2D eigenvalue weighted by atomic mass is 10.0. The molecule has 0 saturated carbocycles. The van der Waals surface area contributed by atoms with Crippen molar-refractivity contribution in [1.29, 1.82) is 0 Å². The van der Waals surface area contributed by atoms with Gasteiger partial charge in [0.2, 0.25) is 5.91 Å². The minimum absolute atomic E-state index is 0.0224. The van der Waals surface area contributed by atoms with Gasteiger partial charge in [-0.15, -0.1) is 0 Å². The maximum Gasteiger partial charge on any atom is 0.329 e. The molecule has 0 aliphatic heterocycles. The molecule has 71 heavy (non-hydrogen) atoms. The number of hydrogen-bond acceptors (Lipinski definition) is 11. The van der Waals surface area contributed by atoms with Gasteiger partial charge >= 0.3 is 23.9 Å². The number of ether oxygens (including phenoxy) is 4. The standard InChI is InChI=1S/C58H100N2O10S/c1-9-11-13-15-17-19-21-23-25-27-29-31-33-38-52(62)67-45-49(68-53(63)39-34-32-30-28-26-24-22-20-18-16-14-12-10-2)46-71-43-42-51(61)59-48-37-35-36-47(44-48)55(65)60-50(56(66)70-58(6,7)8)40-41-54(64)69-57(3,4)5/h35-37,44,49-50H,9-34,38-43,45-46H2,1-8H3,(H,59,61)(H,60,65)/t49?,50-/m0/s1. The van der Waals surface area contributed by atoms with E-state index < -0.39 is 41.2 Å². The van der Waals surface area contributed by atoms with E-state index in [1.165, 1.54) is 146 Å². The number of nitrogens with one attached hydrogen (secondary N) is 2. The van der Waals surface area contributed by atoms with Crippen molar-refractivity contribution in [2.24, 2.45) is 0 Å². The fourth-order valence-corrected chi connectivity index (χ4v) is 8.98. The minimum atomic E-state index is -1.11. The van der Waals surface area contributed by atoms with Crippen LogP contribution in [0.2, 0.25) is 0 Å². The quantitative estimate of drug-likeness (QED) is 0.0363. The van der Waals surface area contributed by atoms with Crippen LogP contribution in [-0.2, 0) is 42.9 Å². The van der Waals surface area contributed by atoms with E-state index in [1.54, 1.807) is 59.7 Å². The second-order valence-corrected chi connectivity index (χ2v) is 22.6. The van der Waals surface area contributed by atoms with E-state index in [0.29, 0.717) is 30.0 Å². The maximum absolute atomic E-state index is 13.4. The molecule has 1 aromatic carbocycles. The predicted octanol–water partition coefficient (Wildman–Crippen LogP) is 14.7. The maximum atomic E-state index is 13.4. The van der Waals surface area contributed by atoms with E-state index in [0.717, 1.165) is 38.5 Å². The van der Waals surface area contributed by atoms with E-state index >= 15 is 0 Å². The zero-order valence-electron chi connectivity index (χ0n) is 46.0. The summed E-state index contributed by atoms with van der Waals surface area (Å²) in [7, 11) is 0. The van der Waals surface area contributed by atoms with Crippen molar-refractivity contribution in [2.75, 3.05) is 23.4 Å². The highest BCUT2D eigenvalue weighted by Crippen LogP contribution is 2.19. The average Bonchev–Trinajstić information content (AvgIpc) is 3.30. The highest BCUT2D eigenvalue weighted by Gasteiger charge is 2.29. The summed E-state index contributed by atoms with van der Waals surface area (Å²) in [6.45, 7) is 14.9. The van der Waals surface area contributed by atoms with Gasteiger partial charge in [-0.25, -0.2) is 4.79 Å². The Morgan fingerprint density at radius 1 is 0.549 bits per heavy atom. The second-order valence-electron chi connectivity index (χ2n) is 21.4. The van der Waals surface area contributed by atoms with Crippen LogP contribution in [0.1, 0.15) is 265 Å². The van der Waals surface area contributed by atoms with Crippen LogP contribution in [-0.4, -0.2) is 77.2 Å². The molecule has 1 rings (SSSR count). The van der Waals surface area contributed by atoms with Crippen LogP contribution in [0, 0.1) is 0 Å². The number of rotatable bonds is 43. The molecule has 1 aromatic rings. The molecule has 0 saturated heterocycles. The molecule has 0 radical (unpaired) electrons. The van der Waals surface area contributed by atoms with Crippen molar-refractivity contribution >= 4 is 53.1 Å². The molecule has 2 atom stereocenters. The van der Waals surface area contributed by atoms with E-state index in [4.69, 9.17) is 18.9 Å². The fourth-order valence-electron chi connectivity index (χ4n) is 8.05. The number of anilines is 1. The van der Waals surface area contributed by atoms with Crippen molar-refractivity contribution in [1.82, 2.24) is 5.32 Å². The van der Waals surface area contributed by atoms with E-state index in [1.807, 2.05) is 0 Å². The lowest BCUT2D eigenvalue weighted by Gasteiger charge is -2.25. The molecule has 0 bridgehead atoms. The van der Waals surface area contributed by atoms with Gasteiger partial charge < -0.3 is 29.6 Å². The Hall–Kier alpha value is -3.61. The number of thioether (sulfide) groups is 1. The number of esters is 4. The van der Waals surface area contributed by atoms with Crippen LogP contribution in [0.3, 0.4) is 0 Å². The van der Waals surface area contributed by atoms with Gasteiger partial charge in [0.25, 0.3) is 5.91 Å². The summed E-state index contributed by atoms with van der Waals surface area (Å²) >= 11 is 1.44. The topological polar surface area (TPSA) is 163 Å². The third-order valence-electron chi connectivity index (χ3n) is 11.9. The van der Waals surface area contributed by atoms with Crippen LogP contribution in [0.25, 0.3) is 0 Å². The van der Waals surface area contributed by atoms with Crippen molar-refractivity contribution in [3.63, 3.8) is 0 Å². The van der Waals surface area contributed by atoms with Crippen LogP contribution in [0.5, 0.6) is 0 Å². The predicted molar refractivity (Wildman–Crippen MR) is 291 cm³/mol. The van der Waals surface area contributed by atoms with Crippen molar-refractivity contribution in [3.05, 3.63) is 29.8 Å². The Morgan fingerprint density at radius 3 is 1.49 bits per heavy atom. The SMILES string of the molecule is CCCCCCCCCCCCCCCC(=O)OCC(CSCCC(=O)Nc1cccc(C(=O)N[C@@H](CCC(=O)OC(C)(C)C)C(=O)OC(C)(C)C)c1)OC(=O)CCCCCCCCCCCCCCC. The fraction of sp³-hybridized carbons (Fsp3) is 0.793.